The van der Waals surface area contributed by atoms with Crippen molar-refractivity contribution in [3.05, 3.63) is 35.6 Å². The van der Waals surface area contributed by atoms with E-state index in [1.54, 1.807) is 18.0 Å². The van der Waals surface area contributed by atoms with Crippen LogP contribution in [0.4, 0.5) is 4.39 Å². The van der Waals surface area contributed by atoms with E-state index in [9.17, 15) is 14.0 Å². The van der Waals surface area contributed by atoms with Crippen molar-refractivity contribution in [3.8, 4) is 0 Å². The highest BCUT2D eigenvalue weighted by molar-refractivity contribution is 5.88. The van der Waals surface area contributed by atoms with Gasteiger partial charge in [-0.05, 0) is 44.0 Å². The van der Waals surface area contributed by atoms with Gasteiger partial charge in [-0.15, -0.1) is 0 Å². The zero-order valence-corrected chi connectivity index (χ0v) is 12.8. The number of likely N-dealkylation sites (N-methyl/N-ethyl adjacent to an activating group) is 1. The maximum absolute atomic E-state index is 13.1. The number of amides is 2. The Bertz CT molecular complexity index is 536. The van der Waals surface area contributed by atoms with Crippen molar-refractivity contribution in [3.63, 3.8) is 0 Å². The first-order chi connectivity index (χ1) is 10.5. The van der Waals surface area contributed by atoms with E-state index >= 15 is 0 Å². The van der Waals surface area contributed by atoms with Crippen LogP contribution in [0.5, 0.6) is 0 Å². The second kappa shape index (κ2) is 7.89. The van der Waals surface area contributed by atoms with Gasteiger partial charge in [0.1, 0.15) is 11.9 Å². The zero-order chi connectivity index (χ0) is 15.9. The summed E-state index contributed by atoms with van der Waals surface area (Å²) in [6.45, 7) is 1.31. The molecule has 0 spiro atoms. The summed E-state index contributed by atoms with van der Waals surface area (Å²) in [7, 11) is 1.79. The maximum atomic E-state index is 13.1. The Balaban J connectivity index is 1.81. The summed E-state index contributed by atoms with van der Waals surface area (Å²) in [6, 6.07) is 5.86. The molecule has 1 fully saturated rings. The summed E-state index contributed by atoms with van der Waals surface area (Å²) >= 11 is 0. The van der Waals surface area contributed by atoms with Gasteiger partial charge in [-0.1, -0.05) is 12.1 Å². The third-order valence-electron chi connectivity index (χ3n) is 3.63. The highest BCUT2D eigenvalue weighted by Crippen LogP contribution is 2.07. The van der Waals surface area contributed by atoms with Gasteiger partial charge >= 0.3 is 0 Å². The van der Waals surface area contributed by atoms with E-state index in [1.807, 2.05) is 6.07 Å². The van der Waals surface area contributed by atoms with Gasteiger partial charge in [-0.3, -0.25) is 14.5 Å². The first kappa shape index (κ1) is 16.4. The average Bonchev–Trinajstić information content (AvgIpc) is 2.64. The van der Waals surface area contributed by atoms with Gasteiger partial charge in [-0.25, -0.2) is 4.39 Å². The Morgan fingerprint density at radius 3 is 3.05 bits per heavy atom. The van der Waals surface area contributed by atoms with Gasteiger partial charge in [0.2, 0.25) is 11.8 Å². The van der Waals surface area contributed by atoms with Crippen LogP contribution < -0.4 is 10.6 Å². The Kier molecular flexibility index (Phi) is 5.89. The minimum absolute atomic E-state index is 0.112. The summed E-state index contributed by atoms with van der Waals surface area (Å²) in [5.74, 6) is -0.593. The molecule has 1 heterocycles. The first-order valence-corrected chi connectivity index (χ1v) is 7.54. The number of nitrogens with one attached hydrogen (secondary N) is 2. The zero-order valence-electron chi connectivity index (χ0n) is 12.8. The number of nitrogens with zero attached hydrogens (tertiary/aromatic N) is 1. The minimum atomic E-state index is -0.447. The fourth-order valence-corrected chi connectivity index (χ4v) is 2.57. The molecular formula is C16H22FN3O2. The van der Waals surface area contributed by atoms with Crippen molar-refractivity contribution in [1.82, 2.24) is 15.5 Å². The van der Waals surface area contributed by atoms with Crippen LogP contribution in [0, 0.1) is 5.82 Å². The maximum Gasteiger partial charge on any atom is 0.242 e. The van der Waals surface area contributed by atoms with Crippen LogP contribution in [-0.2, 0) is 16.1 Å². The number of carbonyl (C=O) groups is 2. The predicted molar refractivity (Wildman–Crippen MR) is 81.5 cm³/mol. The van der Waals surface area contributed by atoms with Crippen LogP contribution >= 0.6 is 0 Å². The molecule has 0 radical (unpaired) electrons. The Hall–Kier alpha value is -1.95. The molecule has 22 heavy (non-hydrogen) atoms. The normalized spacial score (nSPS) is 18.7. The topological polar surface area (TPSA) is 61.4 Å². The minimum Gasteiger partial charge on any atom is -0.354 e. The lowest BCUT2D eigenvalue weighted by Crippen LogP contribution is -2.48. The largest absolute Gasteiger partial charge is 0.354 e. The molecule has 1 aliphatic heterocycles. The smallest absolute Gasteiger partial charge is 0.242 e. The number of hydrogen-bond donors (Lipinski definition) is 2. The van der Waals surface area contributed by atoms with E-state index < -0.39 is 6.04 Å². The molecular weight excluding hydrogens is 285 g/mol. The van der Waals surface area contributed by atoms with Crippen LogP contribution in [0.3, 0.4) is 0 Å². The highest BCUT2D eigenvalue weighted by atomic mass is 19.1. The third-order valence-corrected chi connectivity index (χ3v) is 3.63. The lowest BCUT2D eigenvalue weighted by atomic mass is 10.1. The third kappa shape index (κ3) is 5.11. The number of carbonyl (C=O) groups excluding carboxylic acids is 2. The lowest BCUT2D eigenvalue weighted by molar-refractivity contribution is -0.129. The fourth-order valence-electron chi connectivity index (χ4n) is 2.57. The molecule has 2 amide bonds. The SMILES string of the molecule is CN(CC(=O)NC1CCCCNC1=O)Cc1cccc(F)c1. The summed E-state index contributed by atoms with van der Waals surface area (Å²) in [6.07, 6.45) is 2.53. The molecule has 1 aromatic rings. The summed E-state index contributed by atoms with van der Waals surface area (Å²) in [5.41, 5.74) is 0.808. The molecule has 0 aromatic heterocycles. The number of halogens is 1. The van der Waals surface area contributed by atoms with Gasteiger partial charge in [0, 0.05) is 13.1 Å². The molecule has 1 aromatic carbocycles. The summed E-state index contributed by atoms with van der Waals surface area (Å²) in [5, 5.41) is 5.56. The molecule has 5 nitrogen and oxygen atoms in total. The molecule has 120 valence electrons. The second-order valence-corrected chi connectivity index (χ2v) is 5.71. The van der Waals surface area contributed by atoms with Crippen LogP contribution in [0.25, 0.3) is 0 Å². The van der Waals surface area contributed by atoms with E-state index in [4.69, 9.17) is 0 Å². The summed E-state index contributed by atoms with van der Waals surface area (Å²) < 4.78 is 13.1. The molecule has 0 aliphatic carbocycles. The van der Waals surface area contributed by atoms with Crippen molar-refractivity contribution in [2.75, 3.05) is 20.1 Å². The van der Waals surface area contributed by atoms with Crippen molar-refractivity contribution in [2.45, 2.75) is 31.8 Å². The molecule has 2 N–H and O–H groups in total. The van der Waals surface area contributed by atoms with Crippen molar-refractivity contribution in [2.24, 2.45) is 0 Å². The standard InChI is InChI=1S/C16H22FN3O2/c1-20(10-12-5-4-6-13(17)9-12)11-15(21)19-14-7-2-3-8-18-16(14)22/h4-6,9,14H,2-3,7-8,10-11H2,1H3,(H,18,22)(H,19,21). The number of rotatable bonds is 5. The molecule has 0 bridgehead atoms. The van der Waals surface area contributed by atoms with E-state index in [0.717, 1.165) is 18.4 Å². The Labute approximate surface area is 129 Å². The first-order valence-electron chi connectivity index (χ1n) is 7.54. The monoisotopic (exact) mass is 307 g/mol. The fraction of sp³-hybridized carbons (Fsp3) is 0.500. The molecule has 0 saturated carbocycles. The second-order valence-electron chi connectivity index (χ2n) is 5.71. The summed E-state index contributed by atoms with van der Waals surface area (Å²) in [4.78, 5) is 25.6. The number of benzene rings is 1. The molecule has 1 saturated heterocycles. The van der Waals surface area contributed by atoms with E-state index in [1.165, 1.54) is 12.1 Å². The van der Waals surface area contributed by atoms with Gasteiger partial charge in [0.25, 0.3) is 0 Å². The van der Waals surface area contributed by atoms with Crippen LogP contribution in [0.2, 0.25) is 0 Å². The van der Waals surface area contributed by atoms with Gasteiger partial charge in [-0.2, -0.15) is 0 Å². The molecule has 6 heteroatoms. The van der Waals surface area contributed by atoms with E-state index in [-0.39, 0.29) is 24.2 Å². The molecule has 1 atom stereocenters. The molecule has 1 unspecified atom stereocenters. The predicted octanol–water partition coefficient (Wildman–Crippen LogP) is 1.04. The molecule has 1 aliphatic rings. The van der Waals surface area contributed by atoms with Gasteiger partial charge < -0.3 is 10.6 Å². The lowest BCUT2D eigenvalue weighted by Gasteiger charge is -2.19. The van der Waals surface area contributed by atoms with Crippen molar-refractivity contribution < 1.29 is 14.0 Å². The van der Waals surface area contributed by atoms with E-state index in [0.29, 0.717) is 19.5 Å². The molecule has 2 rings (SSSR count). The van der Waals surface area contributed by atoms with Crippen molar-refractivity contribution >= 4 is 11.8 Å². The van der Waals surface area contributed by atoms with Crippen molar-refractivity contribution in [1.29, 1.82) is 0 Å². The highest BCUT2D eigenvalue weighted by Gasteiger charge is 2.22. The number of hydrogen-bond acceptors (Lipinski definition) is 3. The Morgan fingerprint density at radius 1 is 1.45 bits per heavy atom. The quantitative estimate of drug-likeness (QED) is 0.854. The Morgan fingerprint density at radius 2 is 2.27 bits per heavy atom. The average molecular weight is 307 g/mol. The van der Waals surface area contributed by atoms with Crippen LogP contribution in [-0.4, -0.2) is 42.9 Å². The van der Waals surface area contributed by atoms with E-state index in [2.05, 4.69) is 10.6 Å². The van der Waals surface area contributed by atoms with Gasteiger partial charge in [0.15, 0.2) is 0 Å². The van der Waals surface area contributed by atoms with Gasteiger partial charge in [0.05, 0.1) is 6.54 Å². The van der Waals surface area contributed by atoms with Crippen LogP contribution in [0.1, 0.15) is 24.8 Å². The van der Waals surface area contributed by atoms with Crippen LogP contribution in [0.15, 0.2) is 24.3 Å².